The van der Waals surface area contributed by atoms with E-state index >= 15 is 0 Å². The first-order chi connectivity index (χ1) is 8.38. The lowest BCUT2D eigenvalue weighted by atomic mass is 9.97. The van der Waals surface area contributed by atoms with Crippen LogP contribution in [0.3, 0.4) is 0 Å². The Morgan fingerprint density at radius 3 is 2.50 bits per heavy atom. The molecule has 7 nitrogen and oxygen atoms in total. The smallest absolute Gasteiger partial charge is 0.337 e. The fraction of sp³-hybridized carbons (Fsp3) is 0.273. The van der Waals surface area contributed by atoms with Crippen molar-refractivity contribution in [2.45, 2.75) is 19.4 Å². The molecule has 7 heteroatoms. The topological polar surface area (TPSA) is 118 Å². The summed E-state index contributed by atoms with van der Waals surface area (Å²) in [5.41, 5.74) is -0.602. The van der Waals surface area contributed by atoms with Crippen molar-refractivity contribution < 1.29 is 24.7 Å². The Balaban J connectivity index is 3.38. The molecule has 0 fully saturated rings. The lowest BCUT2D eigenvalue weighted by Gasteiger charge is -2.10. The molecule has 96 valence electrons. The molecular weight excluding hydrogens is 242 g/mol. The Bertz CT molecular complexity index is 510. The molecule has 1 aromatic carbocycles. The molecule has 0 radical (unpaired) electrons. The van der Waals surface area contributed by atoms with Gasteiger partial charge in [-0.2, -0.15) is 0 Å². The van der Waals surface area contributed by atoms with Gasteiger partial charge in [-0.05, 0) is 6.07 Å². The van der Waals surface area contributed by atoms with Crippen molar-refractivity contribution in [3.05, 3.63) is 39.4 Å². The summed E-state index contributed by atoms with van der Waals surface area (Å²) >= 11 is 0. The van der Waals surface area contributed by atoms with E-state index in [4.69, 9.17) is 5.11 Å². The van der Waals surface area contributed by atoms with E-state index in [0.29, 0.717) is 0 Å². The second kappa shape index (κ2) is 5.37. The highest BCUT2D eigenvalue weighted by molar-refractivity contribution is 5.99. The van der Waals surface area contributed by atoms with Crippen molar-refractivity contribution in [1.29, 1.82) is 0 Å². The summed E-state index contributed by atoms with van der Waals surface area (Å²) in [6, 6.07) is 3.11. The first-order valence-corrected chi connectivity index (χ1v) is 5.10. The highest BCUT2D eigenvalue weighted by Gasteiger charge is 2.24. The molecule has 1 rings (SSSR count). The molecule has 18 heavy (non-hydrogen) atoms. The van der Waals surface area contributed by atoms with Crippen LogP contribution in [0.4, 0.5) is 5.69 Å². The molecular formula is C11H11NO6. The number of rotatable bonds is 5. The summed E-state index contributed by atoms with van der Waals surface area (Å²) in [5, 5.41) is 28.7. The van der Waals surface area contributed by atoms with Crippen LogP contribution >= 0.6 is 0 Å². The van der Waals surface area contributed by atoms with Gasteiger partial charge in [-0.3, -0.25) is 14.9 Å². The molecule has 0 bridgehead atoms. The third-order valence-corrected chi connectivity index (χ3v) is 2.40. The number of benzene rings is 1. The van der Waals surface area contributed by atoms with Crippen LogP contribution in [0, 0.1) is 10.1 Å². The summed E-state index contributed by atoms with van der Waals surface area (Å²) in [6.45, 7) is 1.54. The van der Waals surface area contributed by atoms with Gasteiger partial charge in [0, 0.05) is 29.7 Å². The molecule has 0 aliphatic heterocycles. The van der Waals surface area contributed by atoms with E-state index in [-0.39, 0.29) is 23.2 Å². The van der Waals surface area contributed by atoms with Crippen LogP contribution in [-0.4, -0.2) is 26.9 Å². The molecule has 0 aliphatic rings. The van der Waals surface area contributed by atoms with Gasteiger partial charge in [-0.1, -0.05) is 6.92 Å². The predicted molar refractivity (Wildman–Crippen MR) is 60.3 cm³/mol. The summed E-state index contributed by atoms with van der Waals surface area (Å²) in [5.74, 6) is -1.98. The number of non-ortho nitro benzene ring substituents is 1. The predicted octanol–water partition coefficient (Wildman–Crippen LogP) is 1.31. The highest BCUT2D eigenvalue weighted by Crippen LogP contribution is 2.24. The summed E-state index contributed by atoms with van der Waals surface area (Å²) in [6.07, 6.45) is -1.82. The van der Waals surface area contributed by atoms with Crippen LogP contribution in [0.1, 0.15) is 35.4 Å². The van der Waals surface area contributed by atoms with Crippen molar-refractivity contribution in [2.75, 3.05) is 0 Å². The van der Waals surface area contributed by atoms with E-state index in [1.165, 1.54) is 6.92 Å². The number of carboxylic acid groups (broad SMARTS) is 1. The lowest BCUT2D eigenvalue weighted by molar-refractivity contribution is -0.384. The fourth-order valence-corrected chi connectivity index (χ4v) is 1.46. The van der Waals surface area contributed by atoms with Crippen LogP contribution < -0.4 is 0 Å². The third-order valence-electron chi connectivity index (χ3n) is 2.40. The van der Waals surface area contributed by atoms with Crippen molar-refractivity contribution >= 4 is 17.4 Å². The second-order valence-electron chi connectivity index (χ2n) is 3.55. The molecule has 0 aliphatic carbocycles. The number of carboxylic acids is 1. The molecule has 1 atom stereocenters. The first kappa shape index (κ1) is 13.8. The molecule has 0 amide bonds. The van der Waals surface area contributed by atoms with E-state index in [1.807, 2.05) is 0 Å². The van der Waals surface area contributed by atoms with Crippen molar-refractivity contribution in [3.63, 3.8) is 0 Å². The number of aliphatic hydroxyl groups excluding tert-OH is 1. The lowest BCUT2D eigenvalue weighted by Crippen LogP contribution is -2.15. The quantitative estimate of drug-likeness (QED) is 0.464. The van der Waals surface area contributed by atoms with Gasteiger partial charge in [0.1, 0.15) is 0 Å². The number of hydrogen-bond acceptors (Lipinski definition) is 5. The Hall–Kier alpha value is -2.28. The molecule has 0 saturated carbocycles. The van der Waals surface area contributed by atoms with E-state index in [9.17, 15) is 24.8 Å². The van der Waals surface area contributed by atoms with Crippen LogP contribution in [0.15, 0.2) is 18.2 Å². The number of nitro groups is 1. The van der Waals surface area contributed by atoms with Gasteiger partial charge in [0.15, 0.2) is 11.9 Å². The van der Waals surface area contributed by atoms with Crippen LogP contribution in [0.2, 0.25) is 0 Å². The van der Waals surface area contributed by atoms with Gasteiger partial charge < -0.3 is 10.2 Å². The van der Waals surface area contributed by atoms with Gasteiger partial charge in [-0.15, -0.1) is 0 Å². The average molecular weight is 253 g/mol. The van der Waals surface area contributed by atoms with Gasteiger partial charge >= 0.3 is 5.97 Å². The first-order valence-electron chi connectivity index (χ1n) is 5.10. The maximum atomic E-state index is 11.6. The maximum Gasteiger partial charge on any atom is 0.337 e. The maximum absolute atomic E-state index is 11.6. The number of carbonyl (C=O) groups excluding carboxylic acids is 1. The fourth-order valence-electron chi connectivity index (χ4n) is 1.46. The zero-order chi connectivity index (χ0) is 13.9. The van der Waals surface area contributed by atoms with E-state index in [0.717, 1.165) is 18.2 Å². The number of nitrogens with zero attached hydrogens (tertiary/aromatic N) is 1. The van der Waals surface area contributed by atoms with Gasteiger partial charge in [0.2, 0.25) is 0 Å². The standard InChI is InChI=1S/C11H11NO6/c1-2-9(13)8-5-6(12(17)18)3-4-7(8)10(14)11(15)16/h3-5,10,14H,2H2,1H3,(H,15,16). The normalized spacial score (nSPS) is 11.9. The monoisotopic (exact) mass is 253 g/mol. The van der Waals surface area contributed by atoms with E-state index in [1.54, 1.807) is 0 Å². The summed E-state index contributed by atoms with van der Waals surface area (Å²) in [4.78, 5) is 32.2. The van der Waals surface area contributed by atoms with Gasteiger partial charge in [0.05, 0.1) is 4.92 Å². The Morgan fingerprint density at radius 2 is 2.06 bits per heavy atom. The summed E-state index contributed by atoms with van der Waals surface area (Å²) in [7, 11) is 0. The molecule has 0 saturated heterocycles. The average Bonchev–Trinajstić information content (AvgIpc) is 2.35. The minimum atomic E-state index is -1.88. The zero-order valence-electron chi connectivity index (χ0n) is 9.49. The summed E-state index contributed by atoms with van der Waals surface area (Å²) < 4.78 is 0. The molecule has 1 unspecified atom stereocenters. The number of nitro benzene ring substituents is 1. The van der Waals surface area contributed by atoms with Crippen molar-refractivity contribution in [2.24, 2.45) is 0 Å². The molecule has 0 aromatic heterocycles. The minimum absolute atomic E-state index is 0.0561. The Morgan fingerprint density at radius 1 is 1.44 bits per heavy atom. The molecule has 0 heterocycles. The Kier molecular flexibility index (Phi) is 4.11. The van der Waals surface area contributed by atoms with Gasteiger partial charge in [-0.25, -0.2) is 4.79 Å². The molecule has 2 N–H and O–H groups in total. The number of Topliss-reactive ketones (excluding diaryl/α,β-unsaturated/α-hetero) is 1. The number of aliphatic hydroxyl groups is 1. The van der Waals surface area contributed by atoms with Crippen LogP contribution in [0.25, 0.3) is 0 Å². The van der Waals surface area contributed by atoms with Crippen molar-refractivity contribution in [1.82, 2.24) is 0 Å². The van der Waals surface area contributed by atoms with Gasteiger partial charge in [0.25, 0.3) is 5.69 Å². The number of aliphatic carboxylic acids is 1. The highest BCUT2D eigenvalue weighted by atomic mass is 16.6. The number of ketones is 1. The number of hydrogen-bond donors (Lipinski definition) is 2. The van der Waals surface area contributed by atoms with E-state index in [2.05, 4.69) is 0 Å². The van der Waals surface area contributed by atoms with Crippen molar-refractivity contribution in [3.8, 4) is 0 Å². The van der Waals surface area contributed by atoms with Crippen LogP contribution in [0.5, 0.6) is 0 Å². The number of carbonyl (C=O) groups is 2. The van der Waals surface area contributed by atoms with Crippen LogP contribution in [-0.2, 0) is 4.79 Å². The third kappa shape index (κ3) is 2.69. The zero-order valence-corrected chi connectivity index (χ0v) is 9.49. The SMILES string of the molecule is CCC(=O)c1cc([N+](=O)[O-])ccc1C(O)C(=O)O. The molecule has 0 spiro atoms. The van der Waals surface area contributed by atoms with E-state index < -0.39 is 22.8 Å². The largest absolute Gasteiger partial charge is 0.479 e. The second-order valence-corrected chi connectivity index (χ2v) is 3.55. The minimum Gasteiger partial charge on any atom is -0.479 e. The molecule has 1 aromatic rings. The Labute approximate surface area is 102 Å².